The highest BCUT2D eigenvalue weighted by molar-refractivity contribution is 6.09. The van der Waals surface area contributed by atoms with Gasteiger partial charge in [-0.25, -0.2) is 15.0 Å². The Morgan fingerprint density at radius 3 is 1.07 bits per heavy atom. The number of nitrogens with zero attached hydrogens (tertiary/aromatic N) is 18. The van der Waals surface area contributed by atoms with Crippen molar-refractivity contribution in [2.75, 3.05) is 115 Å². The maximum Gasteiger partial charge on any atom is 0.274 e. The number of nitrogens with one attached hydrogen (secondary N) is 6. The number of hydrogen-bond acceptors (Lipinski definition) is 20. The van der Waals surface area contributed by atoms with Gasteiger partial charge in [0, 0.05) is 152 Å². The van der Waals surface area contributed by atoms with Crippen LogP contribution in [0.3, 0.4) is 0 Å². The van der Waals surface area contributed by atoms with E-state index in [2.05, 4.69) is 101 Å². The summed E-state index contributed by atoms with van der Waals surface area (Å²) in [6, 6.07) is 16.4. The Labute approximate surface area is 639 Å². The second-order valence-corrected chi connectivity index (χ2v) is 29.2. The van der Waals surface area contributed by atoms with Gasteiger partial charge in [0.25, 0.3) is 35.4 Å². The molecule has 110 heavy (non-hydrogen) atoms. The van der Waals surface area contributed by atoms with Crippen molar-refractivity contribution >= 4 is 52.5 Å². The first-order valence-corrected chi connectivity index (χ1v) is 39.1. The van der Waals surface area contributed by atoms with Gasteiger partial charge in [-0.15, -0.1) is 0 Å². The van der Waals surface area contributed by atoms with E-state index >= 15 is 0 Å². The number of aliphatic hydroxyl groups is 1. The van der Waals surface area contributed by atoms with Crippen molar-refractivity contribution in [2.45, 2.75) is 153 Å². The summed E-state index contributed by atoms with van der Waals surface area (Å²) in [5.74, 6) is -2.02. The van der Waals surface area contributed by atoms with E-state index in [1.165, 1.54) is 0 Å². The quantitative estimate of drug-likeness (QED) is 0.0752. The molecule has 32 nitrogen and oxygen atoms in total. The monoisotopic (exact) mass is 1500 g/mol. The zero-order chi connectivity index (χ0) is 76.1. The van der Waals surface area contributed by atoms with Gasteiger partial charge < -0.3 is 56.4 Å². The number of anilines is 3. The van der Waals surface area contributed by atoms with Gasteiger partial charge in [-0.3, -0.25) is 56.9 Å². The fraction of sp³-hybridized carbons (Fsp3) is 0.500. The minimum Gasteiger partial charge on any atom is -0.395 e. The number of likely N-dealkylation sites (N-methyl/N-ethyl adjacent to an activating group) is 1. The molecule has 15 rings (SSSR count). The van der Waals surface area contributed by atoms with E-state index in [0.717, 1.165) is 191 Å². The van der Waals surface area contributed by atoms with E-state index in [1.54, 1.807) is 72.2 Å². The first-order chi connectivity index (χ1) is 53.7. The predicted octanol–water partition coefficient (Wildman–Crippen LogP) is 8.27. The number of aromatic nitrogens is 15. The summed E-state index contributed by atoms with van der Waals surface area (Å²) < 4.78 is 16.7. The highest BCUT2D eigenvalue weighted by Gasteiger charge is 2.30. The van der Waals surface area contributed by atoms with Crippen molar-refractivity contribution in [3.8, 4) is 33.8 Å². The largest absolute Gasteiger partial charge is 0.395 e. The number of ether oxygens (including phenoxy) is 1. The van der Waals surface area contributed by atoms with Gasteiger partial charge in [0.15, 0.2) is 17.1 Å². The molecule has 6 aliphatic rings. The van der Waals surface area contributed by atoms with Gasteiger partial charge in [-0.1, -0.05) is 56.7 Å². The lowest BCUT2D eigenvalue weighted by molar-refractivity contribution is 0.0660. The van der Waals surface area contributed by atoms with E-state index in [9.17, 15) is 33.9 Å². The molecule has 3 saturated heterocycles. The second kappa shape index (κ2) is 38.1. The zero-order valence-corrected chi connectivity index (χ0v) is 63.0. The number of aryl methyl sites for hydroxylation is 3. The van der Waals surface area contributed by atoms with Crippen LogP contribution >= 0.6 is 0 Å². The lowest BCUT2D eigenvalue weighted by Gasteiger charge is -2.32. The number of fused-ring (bicyclic) bond motifs is 18. The maximum atomic E-state index is 13.3. The Hall–Kier alpha value is -10.7. The van der Waals surface area contributed by atoms with Gasteiger partial charge in [0.05, 0.1) is 77.5 Å². The van der Waals surface area contributed by atoms with Crippen LogP contribution in [0.2, 0.25) is 0 Å². The van der Waals surface area contributed by atoms with E-state index in [4.69, 9.17) is 9.84 Å². The molecule has 0 atom stereocenters. The molecule has 0 unspecified atom stereocenters. The Morgan fingerprint density at radius 1 is 0.400 bits per heavy atom. The SMILES string of the molecule is CN(C)CCN1CCC(n2cc3c(n2)C(=O)NCCCCCCn2cc(cn2)-c2cccc(n2)C(=O)N3)CC1.O=C1Nc2cn(C3CCN(CCO)CC3)nc2C(=O)NCCCCCCn2cc(cn2)-c2cccc1n2.O=C1Nc2cn(C3CCOCC3)nc2C(=O)NCCCCCCn2cc(cn2)-c2cccc1n2. The fourth-order valence-corrected chi connectivity index (χ4v) is 14.5. The minimum absolute atomic E-state index is 0.117. The Bertz CT molecular complexity index is 4560. The number of β-amino-alcohol motifs (C(OH)–C–C–N with tert-alkyl or cyclic N) is 1. The van der Waals surface area contributed by atoms with Crippen LogP contribution < -0.4 is 31.9 Å². The first-order valence-electron chi connectivity index (χ1n) is 39.1. The molecule has 12 bridgehead atoms. The van der Waals surface area contributed by atoms with Gasteiger partial charge in [0.2, 0.25) is 0 Å². The molecule has 6 amide bonds. The molecule has 3 fully saturated rings. The molecule has 9 aromatic rings. The number of likely N-dealkylation sites (tertiary alicyclic amines) is 2. The summed E-state index contributed by atoms with van der Waals surface area (Å²) in [5.41, 5.74) is 7.26. The molecule has 15 heterocycles. The minimum atomic E-state index is -0.401. The number of pyridine rings is 3. The molecule has 582 valence electrons. The summed E-state index contributed by atoms with van der Waals surface area (Å²) in [4.78, 5) is 99.4. The van der Waals surface area contributed by atoms with Crippen LogP contribution in [0.15, 0.2) is 110 Å². The van der Waals surface area contributed by atoms with Crippen LogP contribution in [0.5, 0.6) is 0 Å². The third-order valence-corrected chi connectivity index (χ3v) is 20.8. The number of amides is 6. The van der Waals surface area contributed by atoms with Crippen LogP contribution in [-0.2, 0) is 24.4 Å². The third kappa shape index (κ3) is 20.8. The molecule has 32 heteroatoms. The molecule has 0 aromatic carbocycles. The third-order valence-electron chi connectivity index (χ3n) is 20.8. The number of carbonyl (C=O) groups excluding carboxylic acids is 6. The number of carbonyl (C=O) groups is 6. The van der Waals surface area contributed by atoms with Gasteiger partial charge in [-0.2, -0.15) is 30.6 Å². The molecule has 0 saturated carbocycles. The molecule has 6 aliphatic heterocycles. The average molecular weight is 1500 g/mol. The van der Waals surface area contributed by atoms with E-state index < -0.39 is 11.8 Å². The van der Waals surface area contributed by atoms with Crippen molar-refractivity contribution in [2.24, 2.45) is 0 Å². The maximum absolute atomic E-state index is 13.3. The first kappa shape index (κ1) is 77.5. The number of hydrogen-bond donors (Lipinski definition) is 7. The van der Waals surface area contributed by atoms with Crippen molar-refractivity contribution in [1.82, 2.24) is 104 Å². The normalized spacial score (nSPS) is 18.3. The predicted molar refractivity (Wildman–Crippen MR) is 413 cm³/mol. The summed E-state index contributed by atoms with van der Waals surface area (Å²) in [5, 5.41) is 54.0. The number of rotatable bonds is 8. The lowest BCUT2D eigenvalue weighted by atomic mass is 10.1. The summed E-state index contributed by atoms with van der Waals surface area (Å²) in [7, 11) is 4.18. The number of piperidine rings is 2. The van der Waals surface area contributed by atoms with Crippen LogP contribution in [0.1, 0.15) is 197 Å². The highest BCUT2D eigenvalue weighted by atomic mass is 16.5. The Morgan fingerprint density at radius 2 is 0.727 bits per heavy atom. The van der Waals surface area contributed by atoms with Crippen LogP contribution in [-0.4, -0.2) is 228 Å². The smallest absolute Gasteiger partial charge is 0.274 e. The van der Waals surface area contributed by atoms with Gasteiger partial charge in [0.1, 0.15) is 17.1 Å². The van der Waals surface area contributed by atoms with Crippen LogP contribution in [0.25, 0.3) is 33.8 Å². The fourth-order valence-electron chi connectivity index (χ4n) is 14.5. The summed E-state index contributed by atoms with van der Waals surface area (Å²) in [6.07, 6.45) is 33.6. The zero-order valence-electron chi connectivity index (χ0n) is 63.0. The standard InChI is InChI=1S/C28H39N9O2.C26H34N8O3.C24H29N7O3/c1-34(2)16-17-35-14-10-22(11-15-35)37-20-25-26(33-37)28(39)29-12-5-3-4-6-13-36-19-21(18-30-36)23-8-7-9-24(31-23)27(38)32-25;35-15-14-32-12-8-20(9-13-32)34-18-23-24(31-34)26(37)27-10-3-1-2-4-11-33-17-19(16-28-33)21-6-5-7-22(29-21)25(36)30-23;32-23-20-7-5-6-19(27-20)17-14-26-30(15-17)11-4-2-1-3-10-25-24(33)22-21(28-23)16-31(29-22)18-8-12-34-13-9-18/h7-9,18-20,22H,3-6,10-17H2,1-2H3,(H,29,39)(H,32,38);5-7,16-18,20,35H,1-4,8-15H2,(H,27,37)(H,30,36);5-7,14-16,18H,1-4,8-13H2,(H,25,33)(H,28,32). The van der Waals surface area contributed by atoms with Crippen molar-refractivity contribution in [1.29, 1.82) is 0 Å². The molecular formula is C78H102N24O8. The van der Waals surface area contributed by atoms with Crippen molar-refractivity contribution in [3.05, 3.63) is 145 Å². The van der Waals surface area contributed by atoms with Gasteiger partial charge in [-0.05, 0) is 128 Å². The molecule has 0 aliphatic carbocycles. The molecule has 9 aromatic heterocycles. The highest BCUT2D eigenvalue weighted by Crippen LogP contribution is 2.31. The van der Waals surface area contributed by atoms with Crippen LogP contribution in [0.4, 0.5) is 17.1 Å². The van der Waals surface area contributed by atoms with Gasteiger partial charge >= 0.3 is 0 Å². The van der Waals surface area contributed by atoms with Crippen LogP contribution in [0, 0.1) is 0 Å². The van der Waals surface area contributed by atoms with E-state index in [0.29, 0.717) is 73.5 Å². The summed E-state index contributed by atoms with van der Waals surface area (Å²) >= 11 is 0. The molecule has 7 N–H and O–H groups in total. The van der Waals surface area contributed by atoms with Crippen molar-refractivity contribution < 1.29 is 38.6 Å². The molecule has 0 spiro atoms. The average Bonchev–Trinajstić information content (AvgIpc) is 1.64. The topological polar surface area (TPSA) is 359 Å². The lowest BCUT2D eigenvalue weighted by Crippen LogP contribution is -2.38. The van der Waals surface area contributed by atoms with Crippen molar-refractivity contribution in [3.63, 3.8) is 0 Å². The Balaban J connectivity index is 0.000000145. The Kier molecular flexibility index (Phi) is 26.8. The second-order valence-electron chi connectivity index (χ2n) is 29.2. The summed E-state index contributed by atoms with van der Waals surface area (Å²) in [6.45, 7) is 12.0. The molecule has 0 radical (unpaired) electrons. The van der Waals surface area contributed by atoms with E-state index in [1.807, 2.05) is 66.3 Å². The number of aliphatic hydroxyl groups excluding tert-OH is 1. The van der Waals surface area contributed by atoms with E-state index in [-0.39, 0.29) is 82.5 Å². The molecular weight excluding hydrogens is 1400 g/mol.